The van der Waals surface area contributed by atoms with Gasteiger partial charge in [0.05, 0.1) is 13.3 Å². The summed E-state index contributed by atoms with van der Waals surface area (Å²) in [7, 11) is 3.81. The third-order valence-electron chi connectivity index (χ3n) is 3.57. The summed E-state index contributed by atoms with van der Waals surface area (Å²) in [5.41, 5.74) is 0. The van der Waals surface area contributed by atoms with Gasteiger partial charge < -0.3 is 19.9 Å². The second-order valence-electron chi connectivity index (χ2n) is 5.16. The van der Waals surface area contributed by atoms with Crippen LogP contribution in [-0.4, -0.2) is 61.7 Å². The number of rotatable bonds is 6. The number of unbranched alkanes of at least 4 members (excludes halogenated alkanes) is 1. The lowest BCUT2D eigenvalue weighted by Gasteiger charge is -2.33. The van der Waals surface area contributed by atoms with E-state index in [4.69, 9.17) is 4.74 Å². The molecule has 0 atom stereocenters. The summed E-state index contributed by atoms with van der Waals surface area (Å²) in [5.74, 6) is 2.33. The van der Waals surface area contributed by atoms with Crippen LogP contribution in [0.2, 0.25) is 0 Å². The van der Waals surface area contributed by atoms with E-state index in [1.165, 1.54) is 0 Å². The van der Waals surface area contributed by atoms with Gasteiger partial charge in [0.25, 0.3) is 0 Å². The van der Waals surface area contributed by atoms with Crippen molar-refractivity contribution in [3.63, 3.8) is 0 Å². The van der Waals surface area contributed by atoms with Gasteiger partial charge in [-0.1, -0.05) is 13.3 Å². The van der Waals surface area contributed by atoms with Crippen molar-refractivity contribution in [3.8, 4) is 5.75 Å². The monoisotopic (exact) mass is 279 g/mol. The third-order valence-corrected chi connectivity index (χ3v) is 3.57. The van der Waals surface area contributed by atoms with Crippen molar-refractivity contribution in [3.05, 3.63) is 6.20 Å². The highest BCUT2D eigenvalue weighted by Gasteiger charge is 2.19. The highest BCUT2D eigenvalue weighted by Crippen LogP contribution is 2.26. The predicted octanol–water partition coefficient (Wildman–Crippen LogP) is 1.45. The quantitative estimate of drug-likeness (QED) is 0.796. The first-order valence-electron chi connectivity index (χ1n) is 7.33. The molecule has 0 amide bonds. The van der Waals surface area contributed by atoms with Crippen LogP contribution in [0.25, 0.3) is 0 Å². The summed E-state index contributed by atoms with van der Waals surface area (Å²) in [6.45, 7) is 7.12. The molecular formula is C14H25N5O. The molecule has 6 nitrogen and oxygen atoms in total. The molecule has 0 aliphatic carbocycles. The van der Waals surface area contributed by atoms with Gasteiger partial charge in [-0.2, -0.15) is 4.98 Å². The summed E-state index contributed by atoms with van der Waals surface area (Å²) in [5, 5.41) is 3.27. The number of hydrogen-bond donors (Lipinski definition) is 1. The molecule has 1 aliphatic rings. The molecule has 0 bridgehead atoms. The first-order valence-corrected chi connectivity index (χ1v) is 7.33. The molecule has 0 aromatic carbocycles. The molecule has 1 aromatic rings. The molecule has 1 aromatic heterocycles. The highest BCUT2D eigenvalue weighted by atomic mass is 16.5. The molecule has 0 saturated carbocycles. The predicted molar refractivity (Wildman–Crippen MR) is 81.7 cm³/mol. The van der Waals surface area contributed by atoms with E-state index in [2.05, 4.69) is 39.1 Å². The molecule has 20 heavy (non-hydrogen) atoms. The number of anilines is 2. The molecular weight excluding hydrogens is 254 g/mol. The lowest BCUT2D eigenvalue weighted by atomic mass is 10.3. The smallest absolute Gasteiger partial charge is 0.224 e. The van der Waals surface area contributed by atoms with E-state index in [1.54, 1.807) is 13.3 Å². The lowest BCUT2D eigenvalue weighted by molar-refractivity contribution is 0.310. The number of likely N-dealkylation sites (N-methyl/N-ethyl adjacent to an activating group) is 1. The van der Waals surface area contributed by atoms with Crippen LogP contribution < -0.4 is 15.0 Å². The van der Waals surface area contributed by atoms with E-state index in [-0.39, 0.29) is 0 Å². The summed E-state index contributed by atoms with van der Waals surface area (Å²) in [6.07, 6.45) is 4.04. The van der Waals surface area contributed by atoms with Crippen LogP contribution in [0.15, 0.2) is 6.20 Å². The van der Waals surface area contributed by atoms with Crippen LogP contribution in [0.1, 0.15) is 19.8 Å². The Labute approximate surface area is 121 Å². The Morgan fingerprint density at radius 3 is 2.70 bits per heavy atom. The van der Waals surface area contributed by atoms with Gasteiger partial charge in [0.15, 0.2) is 11.6 Å². The number of piperazine rings is 1. The third kappa shape index (κ3) is 3.72. The number of ether oxygens (including phenoxy) is 1. The van der Waals surface area contributed by atoms with Crippen molar-refractivity contribution in [2.24, 2.45) is 0 Å². The molecule has 1 aliphatic heterocycles. The minimum atomic E-state index is 0.688. The molecule has 0 radical (unpaired) electrons. The Morgan fingerprint density at radius 2 is 2.05 bits per heavy atom. The molecule has 0 spiro atoms. The van der Waals surface area contributed by atoms with E-state index in [1.807, 2.05) is 0 Å². The topological polar surface area (TPSA) is 53.5 Å². The Kier molecular flexibility index (Phi) is 5.40. The number of nitrogens with one attached hydrogen (secondary N) is 1. The van der Waals surface area contributed by atoms with Gasteiger partial charge in [-0.25, -0.2) is 4.98 Å². The molecule has 2 rings (SSSR count). The average molecular weight is 279 g/mol. The molecule has 0 unspecified atom stereocenters. The Balaban J connectivity index is 2.10. The van der Waals surface area contributed by atoms with E-state index >= 15 is 0 Å². The van der Waals surface area contributed by atoms with E-state index < -0.39 is 0 Å². The minimum absolute atomic E-state index is 0.688. The first kappa shape index (κ1) is 14.8. The van der Waals surface area contributed by atoms with Crippen LogP contribution in [-0.2, 0) is 0 Å². The highest BCUT2D eigenvalue weighted by molar-refractivity contribution is 5.54. The Bertz CT molecular complexity index is 418. The average Bonchev–Trinajstić information content (AvgIpc) is 2.48. The molecule has 1 saturated heterocycles. The van der Waals surface area contributed by atoms with Crippen molar-refractivity contribution < 1.29 is 4.74 Å². The lowest BCUT2D eigenvalue weighted by Crippen LogP contribution is -2.45. The summed E-state index contributed by atoms with van der Waals surface area (Å²) in [6, 6.07) is 0. The number of nitrogens with zero attached hydrogens (tertiary/aromatic N) is 4. The normalized spacial score (nSPS) is 16.2. The summed E-state index contributed by atoms with van der Waals surface area (Å²) < 4.78 is 5.40. The number of methoxy groups -OCH3 is 1. The van der Waals surface area contributed by atoms with Gasteiger partial charge in [0.2, 0.25) is 5.95 Å². The zero-order valence-electron chi connectivity index (χ0n) is 12.7. The van der Waals surface area contributed by atoms with Crippen LogP contribution >= 0.6 is 0 Å². The molecule has 2 heterocycles. The second kappa shape index (κ2) is 7.28. The Hall–Kier alpha value is -1.56. The second-order valence-corrected chi connectivity index (χ2v) is 5.16. The largest absolute Gasteiger partial charge is 0.491 e. The van der Waals surface area contributed by atoms with Crippen molar-refractivity contribution in [2.45, 2.75) is 19.8 Å². The fourth-order valence-electron chi connectivity index (χ4n) is 2.21. The van der Waals surface area contributed by atoms with Gasteiger partial charge in [-0.05, 0) is 13.5 Å². The summed E-state index contributed by atoms with van der Waals surface area (Å²) in [4.78, 5) is 13.5. The van der Waals surface area contributed by atoms with Crippen LogP contribution in [0.3, 0.4) is 0 Å². The van der Waals surface area contributed by atoms with Crippen molar-refractivity contribution >= 4 is 11.8 Å². The van der Waals surface area contributed by atoms with Crippen molar-refractivity contribution in [2.75, 3.05) is 57.1 Å². The van der Waals surface area contributed by atoms with E-state index in [9.17, 15) is 0 Å². The standard InChI is InChI=1S/C14H25N5O/c1-4-5-6-15-14-16-11-12(20-3)13(17-14)19-9-7-18(2)8-10-19/h11H,4-10H2,1-3H3,(H,15,16,17). The molecule has 1 N–H and O–H groups in total. The zero-order chi connectivity index (χ0) is 14.4. The van der Waals surface area contributed by atoms with Crippen LogP contribution in [0.5, 0.6) is 5.75 Å². The fourth-order valence-corrected chi connectivity index (χ4v) is 2.21. The van der Waals surface area contributed by atoms with Gasteiger partial charge in [-0.15, -0.1) is 0 Å². The SMILES string of the molecule is CCCCNc1ncc(OC)c(N2CCN(C)CC2)n1. The molecule has 112 valence electrons. The van der Waals surface area contributed by atoms with Crippen LogP contribution in [0, 0.1) is 0 Å². The maximum atomic E-state index is 5.40. The van der Waals surface area contributed by atoms with Gasteiger partial charge in [-0.3, -0.25) is 0 Å². The molecule has 1 fully saturated rings. The zero-order valence-corrected chi connectivity index (χ0v) is 12.7. The number of hydrogen-bond acceptors (Lipinski definition) is 6. The minimum Gasteiger partial charge on any atom is -0.491 e. The fraction of sp³-hybridized carbons (Fsp3) is 0.714. The summed E-state index contributed by atoms with van der Waals surface area (Å²) >= 11 is 0. The van der Waals surface area contributed by atoms with Gasteiger partial charge in [0.1, 0.15) is 0 Å². The first-order chi connectivity index (χ1) is 9.74. The Morgan fingerprint density at radius 1 is 1.30 bits per heavy atom. The maximum absolute atomic E-state index is 5.40. The van der Waals surface area contributed by atoms with E-state index in [0.717, 1.165) is 57.1 Å². The molecule has 6 heteroatoms. The van der Waals surface area contributed by atoms with Crippen LogP contribution in [0.4, 0.5) is 11.8 Å². The van der Waals surface area contributed by atoms with Gasteiger partial charge >= 0.3 is 0 Å². The van der Waals surface area contributed by atoms with E-state index in [0.29, 0.717) is 5.95 Å². The number of aromatic nitrogens is 2. The van der Waals surface area contributed by atoms with Crippen molar-refractivity contribution in [1.82, 2.24) is 14.9 Å². The maximum Gasteiger partial charge on any atom is 0.224 e. The van der Waals surface area contributed by atoms with Gasteiger partial charge in [0, 0.05) is 32.7 Å². The van der Waals surface area contributed by atoms with Crippen molar-refractivity contribution in [1.29, 1.82) is 0 Å².